The smallest absolute Gasteiger partial charge is 0.323 e. The van der Waals surface area contributed by atoms with Crippen molar-refractivity contribution in [1.29, 1.82) is 0 Å². The molecule has 2 aliphatic heterocycles. The van der Waals surface area contributed by atoms with Crippen LogP contribution < -0.4 is 0 Å². The first kappa shape index (κ1) is 28.0. The average Bonchev–Trinajstić information content (AvgIpc) is 3.48. The number of nitrogens with zero attached hydrogens (tertiary/aromatic N) is 4. The Bertz CT molecular complexity index is 1150. The van der Waals surface area contributed by atoms with Gasteiger partial charge in [-0.2, -0.15) is 13.2 Å². The predicted molar refractivity (Wildman–Crippen MR) is 136 cm³/mol. The molecule has 0 bridgehead atoms. The number of benzene rings is 2. The normalized spacial score (nSPS) is 22.5. The third-order valence-corrected chi connectivity index (χ3v) is 8.17. The fourth-order valence-electron chi connectivity index (χ4n) is 5.29. The lowest BCUT2D eigenvalue weighted by Gasteiger charge is -2.29. The fourth-order valence-corrected chi connectivity index (χ4v) is 5.60. The summed E-state index contributed by atoms with van der Waals surface area (Å²) in [6, 6.07) is 8.48. The van der Waals surface area contributed by atoms with E-state index in [1.807, 2.05) is 41.9 Å². The van der Waals surface area contributed by atoms with Gasteiger partial charge in [0.15, 0.2) is 0 Å². The Morgan fingerprint density at radius 3 is 2.32 bits per heavy atom. The molecule has 0 aliphatic carbocycles. The number of likely N-dealkylation sites (N-methyl/N-ethyl adjacent to an activating group) is 2. The van der Waals surface area contributed by atoms with Gasteiger partial charge in [0.2, 0.25) is 0 Å². The van der Waals surface area contributed by atoms with Crippen molar-refractivity contribution in [2.24, 2.45) is 0 Å². The first-order chi connectivity index (χ1) is 17.3. The maximum atomic E-state index is 14.2. The molecule has 2 fully saturated rings. The molecule has 3 atom stereocenters. The van der Waals surface area contributed by atoms with E-state index < -0.39 is 17.6 Å². The monoisotopic (exact) mass is 560 g/mol. The second-order valence-corrected chi connectivity index (χ2v) is 10.9. The van der Waals surface area contributed by atoms with Gasteiger partial charge in [-0.1, -0.05) is 35.3 Å². The van der Waals surface area contributed by atoms with E-state index in [0.717, 1.165) is 24.1 Å². The van der Waals surface area contributed by atoms with Gasteiger partial charge in [-0.3, -0.25) is 4.90 Å². The molecule has 0 aromatic heterocycles. The number of urea groups is 1. The Morgan fingerprint density at radius 1 is 1.00 bits per heavy atom. The summed E-state index contributed by atoms with van der Waals surface area (Å²) in [6.45, 7) is 2.43. The topological polar surface area (TPSA) is 30.0 Å². The molecule has 0 unspecified atom stereocenters. The van der Waals surface area contributed by atoms with Crippen molar-refractivity contribution >= 4 is 29.2 Å². The maximum Gasteiger partial charge on any atom is 0.419 e. The number of likely N-dealkylation sites (tertiary alicyclic amines) is 2. The number of hydrogen-bond donors (Lipinski definition) is 0. The molecule has 2 heterocycles. The second kappa shape index (κ2) is 11.0. The molecule has 5 nitrogen and oxygen atoms in total. The summed E-state index contributed by atoms with van der Waals surface area (Å²) in [5, 5.41) is 0.830. The van der Waals surface area contributed by atoms with Gasteiger partial charge >= 0.3 is 12.2 Å². The lowest BCUT2D eigenvalue weighted by atomic mass is 9.93. The largest absolute Gasteiger partial charge is 0.419 e. The zero-order valence-corrected chi connectivity index (χ0v) is 22.4. The molecular weight excluding hydrogens is 531 g/mol. The van der Waals surface area contributed by atoms with Gasteiger partial charge < -0.3 is 14.7 Å². The van der Waals surface area contributed by atoms with Crippen LogP contribution in [0.25, 0.3) is 0 Å². The molecule has 202 valence electrons. The molecule has 0 saturated carbocycles. The van der Waals surface area contributed by atoms with E-state index in [1.54, 1.807) is 12.1 Å². The minimum absolute atomic E-state index is 0.0362. The maximum absolute atomic E-state index is 14.2. The van der Waals surface area contributed by atoms with Crippen molar-refractivity contribution in [3.8, 4) is 0 Å². The highest BCUT2D eigenvalue weighted by molar-refractivity contribution is 6.42. The van der Waals surface area contributed by atoms with E-state index in [0.29, 0.717) is 47.8 Å². The Morgan fingerprint density at radius 2 is 1.73 bits per heavy atom. The summed E-state index contributed by atoms with van der Waals surface area (Å²) in [4.78, 5) is 21.2. The third kappa shape index (κ3) is 6.16. The second-order valence-electron chi connectivity index (χ2n) is 10.1. The molecule has 2 amide bonds. The zero-order valence-electron chi connectivity index (χ0n) is 20.9. The zero-order chi connectivity index (χ0) is 27.1. The van der Waals surface area contributed by atoms with Crippen LogP contribution >= 0.6 is 23.2 Å². The van der Waals surface area contributed by atoms with E-state index in [-0.39, 0.29) is 24.5 Å². The summed E-state index contributed by atoms with van der Waals surface area (Å²) in [6.07, 6.45) is -3.84. The van der Waals surface area contributed by atoms with E-state index in [9.17, 15) is 22.4 Å². The van der Waals surface area contributed by atoms with Gasteiger partial charge in [0.25, 0.3) is 0 Å². The Balaban J connectivity index is 1.56. The molecule has 11 heteroatoms. The lowest BCUT2D eigenvalue weighted by Crippen LogP contribution is -2.44. The highest BCUT2D eigenvalue weighted by Gasteiger charge is 2.41. The van der Waals surface area contributed by atoms with Crippen LogP contribution in [0.3, 0.4) is 0 Å². The number of halogens is 6. The van der Waals surface area contributed by atoms with Gasteiger partial charge in [-0.25, -0.2) is 9.18 Å². The van der Waals surface area contributed by atoms with Crippen molar-refractivity contribution in [2.45, 2.75) is 37.1 Å². The summed E-state index contributed by atoms with van der Waals surface area (Å²) in [5.41, 5.74) is 0.0404. The van der Waals surface area contributed by atoms with Crippen molar-refractivity contribution in [2.75, 3.05) is 47.3 Å². The van der Waals surface area contributed by atoms with Crippen LogP contribution in [0.15, 0.2) is 36.4 Å². The van der Waals surface area contributed by atoms with Crippen LogP contribution in [-0.4, -0.2) is 85.0 Å². The number of amides is 2. The average molecular weight is 561 g/mol. The van der Waals surface area contributed by atoms with E-state index in [4.69, 9.17) is 23.2 Å². The molecule has 2 saturated heterocycles. The van der Waals surface area contributed by atoms with E-state index in [1.165, 1.54) is 6.07 Å². The van der Waals surface area contributed by atoms with E-state index >= 15 is 0 Å². The van der Waals surface area contributed by atoms with Crippen LogP contribution in [0.5, 0.6) is 0 Å². The minimum Gasteiger partial charge on any atom is -0.323 e. The molecule has 0 spiro atoms. The van der Waals surface area contributed by atoms with Crippen molar-refractivity contribution in [1.82, 2.24) is 19.6 Å². The molecule has 0 radical (unpaired) electrons. The molecule has 0 N–H and O–H groups in total. The summed E-state index contributed by atoms with van der Waals surface area (Å²) < 4.78 is 53.2. The quantitative estimate of drug-likeness (QED) is 0.432. The van der Waals surface area contributed by atoms with E-state index in [2.05, 4.69) is 4.90 Å². The molecule has 2 aromatic carbocycles. The van der Waals surface area contributed by atoms with Crippen LogP contribution in [0, 0.1) is 5.82 Å². The lowest BCUT2D eigenvalue weighted by molar-refractivity contribution is -0.140. The number of hydrogen-bond acceptors (Lipinski definition) is 3. The van der Waals surface area contributed by atoms with Crippen molar-refractivity contribution in [3.05, 3.63) is 69.0 Å². The van der Waals surface area contributed by atoms with Crippen molar-refractivity contribution in [3.63, 3.8) is 0 Å². The SMILES string of the molecule is CN(C)[C@@H]1CCN(C(=O)N2C[C@H](c3ccc(Cl)c(Cl)c3)[C@@H](N(C)Cc3ccc(C(F)(F)F)c(F)c3)C2)C1. The number of alkyl halides is 3. The predicted octanol–water partition coefficient (Wildman–Crippen LogP) is 5.81. The number of rotatable bonds is 5. The standard InChI is InChI=1S/C26H30Cl2F4N4O/c1-33(2)18-8-9-35(13-18)25(37)36-14-19(17-5-7-21(27)22(28)11-17)24(15-36)34(3)12-16-4-6-20(23(29)10-16)26(30,31)32/h4-7,10-11,18-19,24H,8-9,12-15H2,1-3H3/t18-,19-,24+/m1/s1. The van der Waals surface area contributed by atoms with Gasteiger partial charge in [-0.15, -0.1) is 0 Å². The summed E-state index contributed by atoms with van der Waals surface area (Å²) in [7, 11) is 5.84. The van der Waals surface area contributed by atoms with Gasteiger partial charge in [0.1, 0.15) is 5.82 Å². The first-order valence-electron chi connectivity index (χ1n) is 12.1. The van der Waals surface area contributed by atoms with Crippen LogP contribution in [0.4, 0.5) is 22.4 Å². The van der Waals surface area contributed by atoms with Gasteiger partial charge in [-0.05, 0) is 63.0 Å². The minimum atomic E-state index is -4.75. The molecule has 2 aromatic rings. The van der Waals surface area contributed by atoms with Crippen LogP contribution in [0.1, 0.15) is 29.0 Å². The molecular formula is C26H30Cl2F4N4O. The molecule has 4 rings (SSSR count). The Labute approximate surface area is 224 Å². The third-order valence-electron chi connectivity index (χ3n) is 7.43. The van der Waals surface area contributed by atoms with Crippen molar-refractivity contribution < 1.29 is 22.4 Å². The first-order valence-corrected chi connectivity index (χ1v) is 12.8. The molecule has 2 aliphatic rings. The molecule has 37 heavy (non-hydrogen) atoms. The Kier molecular flexibility index (Phi) is 8.28. The summed E-state index contributed by atoms with van der Waals surface area (Å²) in [5.74, 6) is -1.41. The Hall–Kier alpha value is -2.07. The van der Waals surface area contributed by atoms with Crippen LogP contribution in [0.2, 0.25) is 10.0 Å². The van der Waals surface area contributed by atoms with Crippen LogP contribution in [-0.2, 0) is 12.7 Å². The summed E-state index contributed by atoms with van der Waals surface area (Å²) >= 11 is 12.4. The van der Waals surface area contributed by atoms with Gasteiger partial charge in [0.05, 0.1) is 15.6 Å². The fraction of sp³-hybridized carbons (Fsp3) is 0.500. The highest BCUT2D eigenvalue weighted by atomic mass is 35.5. The highest BCUT2D eigenvalue weighted by Crippen LogP contribution is 2.36. The number of carbonyl (C=O) groups is 1. The van der Waals surface area contributed by atoms with Gasteiger partial charge in [0, 0.05) is 50.7 Å². The number of carbonyl (C=O) groups excluding carboxylic acids is 1.